The van der Waals surface area contributed by atoms with Crippen LogP contribution in [0.4, 0.5) is 21.5 Å². The number of aryl methyl sites for hydroxylation is 1. The van der Waals surface area contributed by atoms with Crippen LogP contribution in [0.25, 0.3) is 0 Å². The summed E-state index contributed by atoms with van der Waals surface area (Å²) < 4.78 is 14.4. The first-order valence-electron chi connectivity index (χ1n) is 9.28. The van der Waals surface area contributed by atoms with Crippen molar-refractivity contribution in [2.24, 2.45) is 0 Å². The quantitative estimate of drug-likeness (QED) is 0.886. The largest absolute Gasteiger partial charge is 0.360 e. The number of para-hydroxylation sites is 3. The van der Waals surface area contributed by atoms with Crippen molar-refractivity contribution >= 4 is 28.9 Å². The predicted molar refractivity (Wildman–Crippen MR) is 104 cm³/mol. The van der Waals surface area contributed by atoms with E-state index in [1.54, 1.807) is 17.0 Å². The highest BCUT2D eigenvalue weighted by Gasteiger charge is 2.31. The van der Waals surface area contributed by atoms with Crippen LogP contribution >= 0.6 is 0 Å². The Balaban J connectivity index is 1.65. The van der Waals surface area contributed by atoms with E-state index in [-0.39, 0.29) is 36.6 Å². The minimum atomic E-state index is -0.291. The lowest BCUT2D eigenvalue weighted by Crippen LogP contribution is -2.46. The Labute approximate surface area is 157 Å². The fourth-order valence-corrected chi connectivity index (χ4v) is 4.05. The van der Waals surface area contributed by atoms with Crippen molar-refractivity contribution in [1.82, 2.24) is 0 Å². The summed E-state index contributed by atoms with van der Waals surface area (Å²) in [7, 11) is 0. The highest BCUT2D eigenvalue weighted by Crippen LogP contribution is 2.33. The van der Waals surface area contributed by atoms with Crippen molar-refractivity contribution in [2.45, 2.75) is 32.2 Å². The highest BCUT2D eigenvalue weighted by molar-refractivity contribution is 6.05. The van der Waals surface area contributed by atoms with Gasteiger partial charge in [0.1, 0.15) is 5.82 Å². The molecule has 1 N–H and O–H groups in total. The molecule has 0 aliphatic carbocycles. The molecule has 1 unspecified atom stereocenters. The van der Waals surface area contributed by atoms with Crippen molar-refractivity contribution in [3.8, 4) is 0 Å². The van der Waals surface area contributed by atoms with E-state index in [0.717, 1.165) is 18.4 Å². The first kappa shape index (κ1) is 17.5. The molecule has 0 spiro atoms. The minimum absolute atomic E-state index is 0.0841. The Morgan fingerprint density at radius 1 is 1.22 bits per heavy atom. The van der Waals surface area contributed by atoms with Gasteiger partial charge in [0.25, 0.3) is 0 Å². The summed E-state index contributed by atoms with van der Waals surface area (Å²) in [5, 5.41) is 2.86. The number of anilines is 3. The Kier molecular flexibility index (Phi) is 4.56. The number of nitrogens with zero attached hydrogens (tertiary/aromatic N) is 2. The van der Waals surface area contributed by atoms with E-state index in [4.69, 9.17) is 0 Å². The fourth-order valence-electron chi connectivity index (χ4n) is 4.05. The molecule has 27 heavy (non-hydrogen) atoms. The van der Waals surface area contributed by atoms with Crippen LogP contribution in [0.15, 0.2) is 42.5 Å². The lowest BCUT2D eigenvalue weighted by Gasteiger charge is -2.34. The molecular weight excluding hydrogens is 345 g/mol. The maximum absolute atomic E-state index is 14.4. The molecule has 0 aromatic heterocycles. The molecule has 1 atom stereocenters. The topological polar surface area (TPSA) is 52.7 Å². The number of carbonyl (C=O) groups excluding carboxylic acids is 2. The van der Waals surface area contributed by atoms with Crippen LogP contribution in [0.3, 0.4) is 0 Å². The van der Waals surface area contributed by atoms with Crippen LogP contribution in [-0.2, 0) is 16.0 Å². The first-order valence-corrected chi connectivity index (χ1v) is 9.28. The van der Waals surface area contributed by atoms with Gasteiger partial charge in [-0.05, 0) is 43.5 Å². The molecule has 2 aromatic carbocycles. The van der Waals surface area contributed by atoms with Crippen LogP contribution in [0.5, 0.6) is 0 Å². The standard InChI is InChI=1S/C21H22FN3O2/c1-14-12-19(26)23-17-9-2-3-10-18(17)25(14)20(27)13-24-11-5-7-15-6-4-8-16(22)21(15)24/h2-4,6,8-10,14H,5,7,11-13H2,1H3,(H,23,26). The third-order valence-corrected chi connectivity index (χ3v) is 5.21. The van der Waals surface area contributed by atoms with Crippen LogP contribution in [-0.4, -0.2) is 30.9 Å². The molecule has 0 bridgehead atoms. The van der Waals surface area contributed by atoms with Gasteiger partial charge in [0.2, 0.25) is 11.8 Å². The lowest BCUT2D eigenvalue weighted by molar-refractivity contribution is -0.118. The van der Waals surface area contributed by atoms with Crippen molar-refractivity contribution in [2.75, 3.05) is 28.2 Å². The van der Waals surface area contributed by atoms with Crippen molar-refractivity contribution in [3.63, 3.8) is 0 Å². The zero-order valence-electron chi connectivity index (χ0n) is 15.2. The molecule has 0 radical (unpaired) electrons. The predicted octanol–water partition coefficient (Wildman–Crippen LogP) is 3.34. The second kappa shape index (κ2) is 7.02. The molecule has 0 saturated heterocycles. The Morgan fingerprint density at radius 3 is 2.89 bits per heavy atom. The van der Waals surface area contributed by atoms with Gasteiger partial charge in [0, 0.05) is 19.0 Å². The zero-order chi connectivity index (χ0) is 19.0. The third-order valence-electron chi connectivity index (χ3n) is 5.21. The molecule has 2 aliphatic heterocycles. The summed E-state index contributed by atoms with van der Waals surface area (Å²) in [5.41, 5.74) is 2.79. The van der Waals surface area contributed by atoms with Gasteiger partial charge in [0.05, 0.1) is 23.6 Å². The summed E-state index contributed by atoms with van der Waals surface area (Å²) in [4.78, 5) is 28.9. The van der Waals surface area contributed by atoms with E-state index >= 15 is 0 Å². The van der Waals surface area contributed by atoms with Gasteiger partial charge < -0.3 is 15.1 Å². The van der Waals surface area contributed by atoms with E-state index in [2.05, 4.69) is 5.32 Å². The molecule has 140 valence electrons. The second-order valence-electron chi connectivity index (χ2n) is 7.15. The van der Waals surface area contributed by atoms with Gasteiger partial charge in [-0.2, -0.15) is 0 Å². The van der Waals surface area contributed by atoms with Crippen molar-refractivity contribution in [1.29, 1.82) is 0 Å². The van der Waals surface area contributed by atoms with E-state index in [1.165, 1.54) is 6.07 Å². The van der Waals surface area contributed by atoms with Crippen LogP contribution in [0, 0.1) is 5.82 Å². The highest BCUT2D eigenvalue weighted by atomic mass is 19.1. The van der Waals surface area contributed by atoms with Crippen LogP contribution < -0.4 is 15.1 Å². The van der Waals surface area contributed by atoms with Gasteiger partial charge in [-0.1, -0.05) is 24.3 Å². The molecule has 2 aliphatic rings. The monoisotopic (exact) mass is 367 g/mol. The van der Waals surface area contributed by atoms with Gasteiger partial charge in [-0.3, -0.25) is 9.59 Å². The molecule has 6 heteroatoms. The normalized spacial score (nSPS) is 19.0. The number of carbonyl (C=O) groups is 2. The summed E-state index contributed by atoms with van der Waals surface area (Å²) >= 11 is 0. The van der Waals surface area contributed by atoms with Gasteiger partial charge >= 0.3 is 0 Å². The van der Waals surface area contributed by atoms with Crippen LogP contribution in [0.2, 0.25) is 0 Å². The van der Waals surface area contributed by atoms with Gasteiger partial charge in [0.15, 0.2) is 0 Å². The van der Waals surface area contributed by atoms with E-state index < -0.39 is 0 Å². The van der Waals surface area contributed by atoms with Gasteiger partial charge in [-0.15, -0.1) is 0 Å². The smallest absolute Gasteiger partial charge is 0.246 e. The third kappa shape index (κ3) is 3.27. The number of nitrogens with one attached hydrogen (secondary N) is 1. The first-order chi connectivity index (χ1) is 13.0. The molecule has 2 amide bonds. The molecule has 2 aromatic rings. The Bertz CT molecular complexity index is 899. The number of amides is 2. The minimum Gasteiger partial charge on any atom is -0.360 e. The molecule has 0 saturated carbocycles. The fraction of sp³-hybridized carbons (Fsp3) is 0.333. The maximum Gasteiger partial charge on any atom is 0.246 e. The molecule has 4 rings (SSSR count). The average molecular weight is 367 g/mol. The summed E-state index contributed by atoms with van der Waals surface area (Å²) in [6.07, 6.45) is 1.93. The van der Waals surface area contributed by atoms with Crippen molar-refractivity contribution < 1.29 is 14.0 Å². The molecular formula is C21H22FN3O2. The number of hydrogen-bond donors (Lipinski definition) is 1. The zero-order valence-corrected chi connectivity index (χ0v) is 15.2. The van der Waals surface area contributed by atoms with Gasteiger partial charge in [-0.25, -0.2) is 4.39 Å². The second-order valence-corrected chi connectivity index (χ2v) is 7.15. The number of rotatable bonds is 2. The summed E-state index contributed by atoms with van der Waals surface area (Å²) in [6, 6.07) is 12.1. The molecule has 2 heterocycles. The van der Waals surface area contributed by atoms with E-state index in [1.807, 2.05) is 36.1 Å². The number of hydrogen-bond acceptors (Lipinski definition) is 3. The maximum atomic E-state index is 14.4. The Morgan fingerprint density at radius 2 is 2.04 bits per heavy atom. The summed E-state index contributed by atoms with van der Waals surface area (Å²) in [5.74, 6) is -0.539. The van der Waals surface area contributed by atoms with Crippen molar-refractivity contribution in [3.05, 3.63) is 53.8 Å². The number of fused-ring (bicyclic) bond motifs is 2. The molecule has 5 nitrogen and oxygen atoms in total. The average Bonchev–Trinajstić information content (AvgIpc) is 2.76. The molecule has 0 fully saturated rings. The summed E-state index contributed by atoms with van der Waals surface area (Å²) in [6.45, 7) is 2.59. The lowest BCUT2D eigenvalue weighted by atomic mass is 10.0. The number of benzene rings is 2. The van der Waals surface area contributed by atoms with E-state index in [0.29, 0.717) is 23.6 Å². The Hall–Kier alpha value is -2.89. The van der Waals surface area contributed by atoms with E-state index in [9.17, 15) is 14.0 Å². The SMILES string of the molecule is CC1CC(=O)Nc2ccccc2N1C(=O)CN1CCCc2cccc(F)c21. The van der Waals surface area contributed by atoms with Crippen LogP contribution in [0.1, 0.15) is 25.3 Å². The number of halogens is 1.